The Morgan fingerprint density at radius 3 is 2.53 bits per heavy atom. The van der Waals surface area contributed by atoms with Crippen LogP contribution in [0.1, 0.15) is 48.6 Å². The molecule has 1 aromatic heterocycles. The summed E-state index contributed by atoms with van der Waals surface area (Å²) in [6.45, 7) is 8.58. The third-order valence-electron chi connectivity index (χ3n) is 3.10. The summed E-state index contributed by atoms with van der Waals surface area (Å²) in [4.78, 5) is 4.69. The number of aromatic nitrogens is 1. The monoisotopic (exact) mass is 338 g/mol. The molecule has 0 aliphatic rings. The zero-order valence-corrected chi connectivity index (χ0v) is 14.1. The molecule has 0 saturated heterocycles. The summed E-state index contributed by atoms with van der Waals surface area (Å²) in [5.41, 5.74) is 9.81. The van der Waals surface area contributed by atoms with E-state index in [2.05, 4.69) is 61.1 Å². The first kappa shape index (κ1) is 14.7. The zero-order valence-electron chi connectivity index (χ0n) is 11.7. The summed E-state index contributed by atoms with van der Waals surface area (Å²) in [7, 11) is 0. The van der Waals surface area contributed by atoms with Gasteiger partial charge in [-0.2, -0.15) is 0 Å². The van der Waals surface area contributed by atoms with Crippen molar-refractivity contribution in [1.29, 1.82) is 0 Å². The van der Waals surface area contributed by atoms with Gasteiger partial charge in [-0.1, -0.05) is 48.8 Å². The molecule has 102 valence electrons. The molecule has 0 saturated carbocycles. The number of thiazole rings is 1. The topological polar surface area (TPSA) is 38.9 Å². The molecule has 2 nitrogen and oxygen atoms in total. The summed E-state index contributed by atoms with van der Waals surface area (Å²) in [5, 5.41) is 3.09. The minimum absolute atomic E-state index is 0.0735. The van der Waals surface area contributed by atoms with Gasteiger partial charge in [-0.05, 0) is 24.1 Å². The molecule has 0 bridgehead atoms. The molecule has 1 aromatic carbocycles. The molecular weight excluding hydrogens is 320 g/mol. The average Bonchev–Trinajstić information content (AvgIpc) is 2.81. The molecular formula is C15H19BrN2S. The van der Waals surface area contributed by atoms with E-state index in [-0.39, 0.29) is 11.5 Å². The van der Waals surface area contributed by atoms with Crippen molar-refractivity contribution in [2.75, 3.05) is 0 Å². The minimum atomic E-state index is -0.145. The van der Waals surface area contributed by atoms with E-state index in [1.165, 1.54) is 5.56 Å². The Morgan fingerprint density at radius 2 is 2.00 bits per heavy atom. The first-order valence-electron chi connectivity index (χ1n) is 6.26. The molecule has 1 unspecified atom stereocenters. The lowest BCUT2D eigenvalue weighted by Gasteiger charge is -2.15. The lowest BCUT2D eigenvalue weighted by atomic mass is 9.93. The van der Waals surface area contributed by atoms with Crippen LogP contribution in [0.15, 0.2) is 28.1 Å². The van der Waals surface area contributed by atoms with E-state index in [0.717, 1.165) is 20.7 Å². The third kappa shape index (κ3) is 3.25. The fraction of sp³-hybridized carbons (Fsp3) is 0.400. The van der Waals surface area contributed by atoms with Gasteiger partial charge in [0.1, 0.15) is 5.01 Å². The number of halogens is 1. The Labute approximate surface area is 127 Å². The van der Waals surface area contributed by atoms with Crippen molar-refractivity contribution in [3.63, 3.8) is 0 Å². The Morgan fingerprint density at radius 1 is 1.32 bits per heavy atom. The van der Waals surface area contributed by atoms with Crippen molar-refractivity contribution in [1.82, 2.24) is 4.98 Å². The first-order valence-corrected chi connectivity index (χ1v) is 7.94. The molecule has 0 aliphatic heterocycles. The van der Waals surface area contributed by atoms with Gasteiger partial charge in [0.2, 0.25) is 0 Å². The summed E-state index contributed by atoms with van der Waals surface area (Å²) >= 11 is 5.15. The third-order valence-corrected chi connectivity index (χ3v) is 4.92. The van der Waals surface area contributed by atoms with Gasteiger partial charge in [0.25, 0.3) is 0 Å². The second-order valence-electron chi connectivity index (χ2n) is 5.81. The number of nitrogens with two attached hydrogens (primary N) is 1. The van der Waals surface area contributed by atoms with Gasteiger partial charge in [-0.15, -0.1) is 11.3 Å². The summed E-state index contributed by atoms with van der Waals surface area (Å²) in [6, 6.07) is 6.07. The van der Waals surface area contributed by atoms with Crippen LogP contribution in [0.2, 0.25) is 0 Å². The highest BCUT2D eigenvalue weighted by molar-refractivity contribution is 9.10. The lowest BCUT2D eigenvalue weighted by Crippen LogP contribution is -2.15. The predicted molar refractivity (Wildman–Crippen MR) is 85.7 cm³/mol. The van der Waals surface area contributed by atoms with Crippen LogP contribution in [0.4, 0.5) is 0 Å². The number of hydrogen-bond acceptors (Lipinski definition) is 3. The highest BCUT2D eigenvalue weighted by atomic mass is 79.9. The summed E-state index contributed by atoms with van der Waals surface area (Å²) < 4.78 is 1.11. The standard InChI is InChI=1S/C15H19BrN2S/c1-9-7-10(5-6-11(9)16)13(17)14-18-12(8-19-14)15(2,3)4/h5-8,13H,17H2,1-4H3. The van der Waals surface area contributed by atoms with Crippen molar-refractivity contribution < 1.29 is 0 Å². The first-order chi connectivity index (χ1) is 8.79. The SMILES string of the molecule is Cc1cc(C(N)c2nc(C(C)(C)C)cs2)ccc1Br. The Hall–Kier alpha value is -0.710. The van der Waals surface area contributed by atoms with Crippen LogP contribution in [0.3, 0.4) is 0 Å². The number of nitrogens with zero attached hydrogens (tertiary/aromatic N) is 1. The van der Waals surface area contributed by atoms with Crippen LogP contribution in [0.5, 0.6) is 0 Å². The number of aryl methyl sites for hydroxylation is 1. The Bertz CT molecular complexity index is 584. The lowest BCUT2D eigenvalue weighted by molar-refractivity contribution is 0.569. The number of benzene rings is 1. The van der Waals surface area contributed by atoms with Gasteiger partial charge >= 0.3 is 0 Å². The van der Waals surface area contributed by atoms with Gasteiger partial charge < -0.3 is 5.73 Å². The molecule has 0 radical (unpaired) electrons. The van der Waals surface area contributed by atoms with Gasteiger partial charge in [0, 0.05) is 15.3 Å². The predicted octanol–water partition coefficient (Wildman–Crippen LogP) is 4.56. The van der Waals surface area contributed by atoms with Gasteiger partial charge in [0.15, 0.2) is 0 Å². The summed E-state index contributed by atoms with van der Waals surface area (Å²) in [6.07, 6.45) is 0. The highest BCUT2D eigenvalue weighted by Gasteiger charge is 2.20. The van der Waals surface area contributed by atoms with E-state index in [1.54, 1.807) is 11.3 Å². The second kappa shape index (κ2) is 5.35. The zero-order chi connectivity index (χ0) is 14.2. The molecule has 0 amide bonds. The van der Waals surface area contributed by atoms with E-state index >= 15 is 0 Å². The van der Waals surface area contributed by atoms with Crippen molar-refractivity contribution in [3.05, 3.63) is 49.9 Å². The molecule has 0 fully saturated rings. The number of rotatable bonds is 2. The van der Waals surface area contributed by atoms with E-state index in [9.17, 15) is 0 Å². The molecule has 2 N–H and O–H groups in total. The van der Waals surface area contributed by atoms with Crippen molar-refractivity contribution in [3.8, 4) is 0 Å². The van der Waals surface area contributed by atoms with Crippen molar-refractivity contribution in [2.24, 2.45) is 5.73 Å². The van der Waals surface area contributed by atoms with Crippen LogP contribution in [0.25, 0.3) is 0 Å². The van der Waals surface area contributed by atoms with Crippen molar-refractivity contribution in [2.45, 2.75) is 39.2 Å². The molecule has 0 aliphatic carbocycles. The smallest absolute Gasteiger partial charge is 0.114 e. The highest BCUT2D eigenvalue weighted by Crippen LogP contribution is 2.30. The molecule has 2 rings (SSSR count). The number of hydrogen-bond donors (Lipinski definition) is 1. The summed E-state index contributed by atoms with van der Waals surface area (Å²) in [5.74, 6) is 0. The fourth-order valence-electron chi connectivity index (χ4n) is 1.78. The van der Waals surface area contributed by atoms with E-state index in [1.807, 2.05) is 6.07 Å². The van der Waals surface area contributed by atoms with E-state index < -0.39 is 0 Å². The molecule has 1 heterocycles. The molecule has 4 heteroatoms. The van der Waals surface area contributed by atoms with Gasteiger partial charge in [-0.25, -0.2) is 4.98 Å². The molecule has 19 heavy (non-hydrogen) atoms. The van der Waals surface area contributed by atoms with Gasteiger partial charge in [-0.3, -0.25) is 0 Å². The average molecular weight is 339 g/mol. The normalized spacial score (nSPS) is 13.6. The van der Waals surface area contributed by atoms with Crippen molar-refractivity contribution >= 4 is 27.3 Å². The molecule has 1 atom stereocenters. The van der Waals surface area contributed by atoms with Crippen LogP contribution in [-0.4, -0.2) is 4.98 Å². The van der Waals surface area contributed by atoms with E-state index in [0.29, 0.717) is 0 Å². The quantitative estimate of drug-likeness (QED) is 0.871. The van der Waals surface area contributed by atoms with Crippen LogP contribution in [-0.2, 0) is 5.41 Å². The molecule has 2 aromatic rings. The maximum atomic E-state index is 6.32. The second-order valence-corrected chi connectivity index (χ2v) is 7.55. The van der Waals surface area contributed by atoms with Crippen LogP contribution >= 0.6 is 27.3 Å². The maximum absolute atomic E-state index is 6.32. The fourth-order valence-corrected chi connectivity index (χ4v) is 3.10. The largest absolute Gasteiger partial charge is 0.318 e. The minimum Gasteiger partial charge on any atom is -0.318 e. The Kier molecular flexibility index (Phi) is 4.14. The van der Waals surface area contributed by atoms with Crippen LogP contribution in [0, 0.1) is 6.92 Å². The van der Waals surface area contributed by atoms with Crippen LogP contribution < -0.4 is 5.73 Å². The van der Waals surface area contributed by atoms with E-state index in [4.69, 9.17) is 10.7 Å². The van der Waals surface area contributed by atoms with Gasteiger partial charge in [0.05, 0.1) is 11.7 Å². The Balaban J connectivity index is 2.31. The maximum Gasteiger partial charge on any atom is 0.114 e. The molecule has 0 spiro atoms.